The monoisotopic (exact) mass is 313 g/mol. The molecule has 1 aliphatic carbocycles. The van der Waals surface area contributed by atoms with E-state index in [1.165, 1.54) is 0 Å². The molecule has 6 nitrogen and oxygen atoms in total. The van der Waals surface area contributed by atoms with E-state index in [1.54, 1.807) is 6.33 Å². The van der Waals surface area contributed by atoms with Gasteiger partial charge in [-0.25, -0.2) is 4.98 Å². The topological polar surface area (TPSA) is 73.0 Å². The van der Waals surface area contributed by atoms with Crippen molar-refractivity contribution in [2.45, 2.75) is 12.3 Å². The Kier molecular flexibility index (Phi) is 4.01. The van der Waals surface area contributed by atoms with E-state index in [4.69, 9.17) is 0 Å². The van der Waals surface area contributed by atoms with Crippen molar-refractivity contribution in [3.8, 4) is 11.3 Å². The molecule has 4 aliphatic rings. The van der Waals surface area contributed by atoms with Crippen molar-refractivity contribution in [2.75, 3.05) is 39.3 Å². The lowest BCUT2D eigenvalue weighted by Crippen LogP contribution is -2.49. The fourth-order valence-electron chi connectivity index (χ4n) is 3.86. The number of carbonyl (C=O) groups excluding carboxylic acids is 1. The van der Waals surface area contributed by atoms with Gasteiger partial charge < -0.3 is 20.5 Å². The Labute approximate surface area is 136 Å². The summed E-state index contributed by atoms with van der Waals surface area (Å²) in [5, 5.41) is 6.73. The Morgan fingerprint density at radius 3 is 2.87 bits per heavy atom. The van der Waals surface area contributed by atoms with Crippen molar-refractivity contribution in [1.82, 2.24) is 25.5 Å². The summed E-state index contributed by atoms with van der Waals surface area (Å²) >= 11 is 0. The minimum Gasteiger partial charge on any atom is -0.349 e. The van der Waals surface area contributed by atoms with Gasteiger partial charge in [0.25, 0.3) is 0 Å². The van der Waals surface area contributed by atoms with Crippen molar-refractivity contribution in [1.29, 1.82) is 0 Å². The van der Waals surface area contributed by atoms with E-state index >= 15 is 0 Å². The van der Waals surface area contributed by atoms with Crippen molar-refractivity contribution in [2.24, 2.45) is 5.92 Å². The highest BCUT2D eigenvalue weighted by atomic mass is 16.2. The highest BCUT2D eigenvalue weighted by Gasteiger charge is 2.37. The fourth-order valence-corrected chi connectivity index (χ4v) is 3.86. The van der Waals surface area contributed by atoms with Crippen LogP contribution in [-0.2, 0) is 4.79 Å². The van der Waals surface area contributed by atoms with E-state index in [-0.39, 0.29) is 11.8 Å². The average Bonchev–Trinajstić information content (AvgIpc) is 3.27. The van der Waals surface area contributed by atoms with Crippen LogP contribution < -0.4 is 10.6 Å². The van der Waals surface area contributed by atoms with Crippen LogP contribution in [0, 0.1) is 5.92 Å². The Hall–Kier alpha value is -1.92. The molecule has 23 heavy (non-hydrogen) atoms. The molecule has 0 aromatic rings. The highest BCUT2D eigenvalue weighted by Crippen LogP contribution is 2.36. The molecular formula is C17H23N5O. The van der Waals surface area contributed by atoms with E-state index in [9.17, 15) is 4.79 Å². The number of carbonyl (C=O) groups is 1. The number of fused-ring (bicyclic) bond motifs is 1. The summed E-state index contributed by atoms with van der Waals surface area (Å²) in [5.41, 5.74) is 3.06. The Bertz CT molecular complexity index is 642. The number of H-pyrrole nitrogens is 1. The molecule has 0 radical (unpaired) electrons. The Morgan fingerprint density at radius 1 is 1.22 bits per heavy atom. The first kappa shape index (κ1) is 14.7. The third-order valence-electron chi connectivity index (χ3n) is 5.08. The fraction of sp³-hybridized carbons (Fsp3) is 0.529. The molecule has 2 atom stereocenters. The number of nitrogens with one attached hydrogen (secondary N) is 3. The maximum atomic E-state index is 13.3. The van der Waals surface area contributed by atoms with Crippen LogP contribution in [0.2, 0.25) is 0 Å². The van der Waals surface area contributed by atoms with E-state index in [0.29, 0.717) is 5.92 Å². The van der Waals surface area contributed by atoms with E-state index < -0.39 is 0 Å². The largest absolute Gasteiger partial charge is 0.349 e. The highest BCUT2D eigenvalue weighted by molar-refractivity contribution is 5.86. The van der Waals surface area contributed by atoms with Gasteiger partial charge in [-0.1, -0.05) is 12.1 Å². The van der Waals surface area contributed by atoms with Crippen molar-refractivity contribution < 1.29 is 4.79 Å². The third kappa shape index (κ3) is 2.72. The number of aromatic nitrogens is 2. The van der Waals surface area contributed by atoms with Crippen LogP contribution in [0.25, 0.3) is 11.3 Å². The number of rotatable bonds is 3. The molecule has 2 saturated heterocycles. The lowest BCUT2D eigenvalue weighted by atomic mass is 9.85. The molecular weight excluding hydrogens is 290 g/mol. The molecule has 122 valence electrons. The quantitative estimate of drug-likeness (QED) is 0.777. The first-order valence-corrected chi connectivity index (χ1v) is 8.47. The summed E-state index contributed by atoms with van der Waals surface area (Å²) in [6, 6.07) is 6.08. The minimum absolute atomic E-state index is 0.115. The maximum absolute atomic E-state index is 13.3. The Morgan fingerprint density at radius 2 is 2.09 bits per heavy atom. The molecule has 3 heterocycles. The van der Waals surface area contributed by atoms with Crippen LogP contribution in [0.4, 0.5) is 0 Å². The molecule has 0 saturated carbocycles. The molecule has 6 heteroatoms. The number of hydrogen-bond donors (Lipinski definition) is 3. The zero-order valence-electron chi connectivity index (χ0n) is 13.2. The number of hydrogen-bond acceptors (Lipinski definition) is 4. The van der Waals surface area contributed by atoms with Crippen LogP contribution in [0.3, 0.4) is 0 Å². The molecule has 2 fully saturated rings. The first-order valence-electron chi connectivity index (χ1n) is 8.47. The zero-order valence-corrected chi connectivity index (χ0v) is 13.2. The summed E-state index contributed by atoms with van der Waals surface area (Å²) in [7, 11) is 0. The summed E-state index contributed by atoms with van der Waals surface area (Å²) in [4.78, 5) is 23.0. The van der Waals surface area contributed by atoms with Crippen LogP contribution >= 0.6 is 0 Å². The van der Waals surface area contributed by atoms with Gasteiger partial charge in [0.15, 0.2) is 0 Å². The lowest BCUT2D eigenvalue weighted by Gasteiger charge is -2.33. The lowest BCUT2D eigenvalue weighted by molar-refractivity contribution is -0.134. The van der Waals surface area contributed by atoms with Gasteiger partial charge in [-0.05, 0) is 31.5 Å². The molecule has 0 spiro atoms. The second kappa shape index (κ2) is 6.29. The SMILES string of the molecule is O=C(C(c1[nH]cnc2cccc1-2)C1CCNC1)N1CCNCC1. The maximum Gasteiger partial charge on any atom is 0.232 e. The van der Waals surface area contributed by atoms with Crippen molar-refractivity contribution in [3.05, 3.63) is 30.2 Å². The number of nitrogens with zero attached hydrogens (tertiary/aromatic N) is 2. The predicted octanol–water partition coefficient (Wildman–Crippen LogP) is 0.639. The van der Waals surface area contributed by atoms with E-state index in [1.807, 2.05) is 17.0 Å². The zero-order chi connectivity index (χ0) is 15.6. The number of amides is 1. The molecule has 3 N–H and O–H groups in total. The van der Waals surface area contributed by atoms with Gasteiger partial charge in [-0.15, -0.1) is 0 Å². The number of aromatic amines is 1. The van der Waals surface area contributed by atoms with Gasteiger partial charge in [0.1, 0.15) is 0 Å². The summed E-state index contributed by atoms with van der Waals surface area (Å²) in [6.07, 6.45) is 2.76. The van der Waals surface area contributed by atoms with Gasteiger partial charge in [-0.2, -0.15) is 0 Å². The average molecular weight is 313 g/mol. The van der Waals surface area contributed by atoms with E-state index in [0.717, 1.165) is 62.6 Å². The molecule has 3 aliphatic heterocycles. The third-order valence-corrected chi connectivity index (χ3v) is 5.08. The van der Waals surface area contributed by atoms with Crippen LogP contribution in [-0.4, -0.2) is 60.0 Å². The van der Waals surface area contributed by atoms with Crippen molar-refractivity contribution in [3.63, 3.8) is 0 Å². The predicted molar refractivity (Wildman–Crippen MR) is 88.4 cm³/mol. The smallest absolute Gasteiger partial charge is 0.232 e. The second-order valence-corrected chi connectivity index (χ2v) is 6.45. The molecule has 4 rings (SSSR count). The molecule has 0 bridgehead atoms. The van der Waals surface area contributed by atoms with Crippen LogP contribution in [0.15, 0.2) is 24.5 Å². The van der Waals surface area contributed by atoms with Gasteiger partial charge in [0.05, 0.1) is 17.9 Å². The van der Waals surface area contributed by atoms with Crippen LogP contribution in [0.5, 0.6) is 0 Å². The number of piperazine rings is 1. The summed E-state index contributed by atoms with van der Waals surface area (Å²) in [6.45, 7) is 5.25. The van der Waals surface area contributed by atoms with Gasteiger partial charge in [-0.3, -0.25) is 4.79 Å². The second-order valence-electron chi connectivity index (χ2n) is 6.45. The van der Waals surface area contributed by atoms with Gasteiger partial charge in [0, 0.05) is 37.4 Å². The minimum atomic E-state index is -0.115. The van der Waals surface area contributed by atoms with Crippen LogP contribution in [0.1, 0.15) is 18.0 Å². The van der Waals surface area contributed by atoms with Gasteiger partial charge in [0.2, 0.25) is 5.91 Å². The standard InChI is InChI=1S/C17H23N5O/c23-17(22-8-6-18-7-9-22)15(12-4-5-19-10-12)16-13-2-1-3-14(13)20-11-21-16/h1-3,11-12,15,18-19H,4-10H2,(H,20,21). The molecule has 2 unspecified atom stereocenters. The van der Waals surface area contributed by atoms with Crippen molar-refractivity contribution >= 4 is 5.91 Å². The normalized spacial score (nSPS) is 23.3. The van der Waals surface area contributed by atoms with Gasteiger partial charge >= 0.3 is 0 Å². The molecule has 0 aromatic carbocycles. The Balaban J connectivity index is 1.70. The first-order chi connectivity index (χ1) is 11.3. The van der Waals surface area contributed by atoms with E-state index in [2.05, 4.69) is 26.7 Å². The summed E-state index contributed by atoms with van der Waals surface area (Å²) < 4.78 is 0. The summed E-state index contributed by atoms with van der Waals surface area (Å²) in [5.74, 6) is 0.482. The molecule has 1 amide bonds. The molecule has 0 aromatic heterocycles.